The lowest BCUT2D eigenvalue weighted by Gasteiger charge is -2.14. The van der Waals surface area contributed by atoms with Gasteiger partial charge in [0.2, 0.25) is 10.0 Å². The van der Waals surface area contributed by atoms with E-state index in [-0.39, 0.29) is 0 Å². The molecule has 1 heterocycles. The van der Waals surface area contributed by atoms with Gasteiger partial charge in [0.25, 0.3) is 0 Å². The second-order valence-corrected chi connectivity index (χ2v) is 6.67. The molecule has 1 aromatic carbocycles. The van der Waals surface area contributed by atoms with E-state index in [0.717, 1.165) is 30.6 Å². The molecule has 4 nitrogen and oxygen atoms in total. The molecule has 0 fully saturated rings. The van der Waals surface area contributed by atoms with E-state index in [2.05, 4.69) is 18.6 Å². The first kappa shape index (κ1) is 14.3. The summed E-state index contributed by atoms with van der Waals surface area (Å²) in [5.74, 6) is 1.20. The van der Waals surface area contributed by atoms with Crippen LogP contribution in [0.25, 0.3) is 0 Å². The van der Waals surface area contributed by atoms with Crippen LogP contribution in [0.3, 0.4) is 0 Å². The average Bonchev–Trinajstić information content (AvgIpc) is 2.87. The van der Waals surface area contributed by atoms with Gasteiger partial charge in [-0.15, -0.1) is 0 Å². The van der Waals surface area contributed by atoms with Gasteiger partial charge in [0, 0.05) is 13.0 Å². The molecular formula is C14H21NO3S. The number of rotatable bonds is 6. The highest BCUT2D eigenvalue weighted by atomic mass is 32.2. The normalized spacial score (nSPS) is 14.5. The third-order valence-electron chi connectivity index (χ3n) is 3.69. The molecule has 0 aliphatic carbocycles. The molecular weight excluding hydrogens is 262 g/mol. The smallest absolute Gasteiger partial charge is 0.240 e. The maximum Gasteiger partial charge on any atom is 0.240 e. The molecule has 1 aliphatic heterocycles. The standard InChI is InChI=1S/C14H21NO3S/c1-3-11(4-2)10-15-19(16,17)13-5-6-14-12(9-13)7-8-18-14/h5-6,9,11,15H,3-4,7-8,10H2,1-2H3. The van der Waals surface area contributed by atoms with Crippen LogP contribution in [-0.4, -0.2) is 21.6 Å². The Balaban J connectivity index is 2.11. The molecule has 1 N–H and O–H groups in total. The maximum absolute atomic E-state index is 12.2. The molecule has 0 unspecified atom stereocenters. The highest BCUT2D eigenvalue weighted by molar-refractivity contribution is 7.89. The molecule has 1 aliphatic rings. The second-order valence-electron chi connectivity index (χ2n) is 4.90. The Morgan fingerprint density at radius 2 is 2.05 bits per heavy atom. The van der Waals surface area contributed by atoms with Crippen LogP contribution in [-0.2, 0) is 16.4 Å². The van der Waals surface area contributed by atoms with Crippen molar-refractivity contribution in [2.24, 2.45) is 5.92 Å². The van der Waals surface area contributed by atoms with Crippen molar-refractivity contribution >= 4 is 10.0 Å². The number of benzene rings is 1. The average molecular weight is 283 g/mol. The van der Waals surface area contributed by atoms with Crippen LogP contribution in [0, 0.1) is 5.92 Å². The zero-order chi connectivity index (χ0) is 13.9. The van der Waals surface area contributed by atoms with Crippen LogP contribution >= 0.6 is 0 Å². The van der Waals surface area contributed by atoms with Crippen LogP contribution in [0.4, 0.5) is 0 Å². The third kappa shape index (κ3) is 3.28. The first-order chi connectivity index (χ1) is 9.06. The predicted molar refractivity (Wildman–Crippen MR) is 74.9 cm³/mol. The molecule has 0 atom stereocenters. The van der Waals surface area contributed by atoms with Crippen molar-refractivity contribution in [2.75, 3.05) is 13.2 Å². The van der Waals surface area contributed by atoms with Gasteiger partial charge in [-0.3, -0.25) is 0 Å². The van der Waals surface area contributed by atoms with E-state index in [0.29, 0.717) is 24.0 Å². The van der Waals surface area contributed by atoms with Crippen LogP contribution in [0.5, 0.6) is 5.75 Å². The number of nitrogens with one attached hydrogen (secondary N) is 1. The van der Waals surface area contributed by atoms with Crippen LogP contribution in [0.15, 0.2) is 23.1 Å². The second kappa shape index (κ2) is 5.92. The van der Waals surface area contributed by atoms with Gasteiger partial charge < -0.3 is 4.74 Å². The Labute approximate surface area is 115 Å². The summed E-state index contributed by atoms with van der Waals surface area (Å²) in [7, 11) is -3.40. The van der Waals surface area contributed by atoms with Gasteiger partial charge in [0.15, 0.2) is 0 Å². The zero-order valence-electron chi connectivity index (χ0n) is 11.5. The molecule has 0 bridgehead atoms. The molecule has 0 aromatic heterocycles. The first-order valence-corrected chi connectivity index (χ1v) is 8.30. The summed E-state index contributed by atoms with van der Waals surface area (Å²) >= 11 is 0. The largest absolute Gasteiger partial charge is 0.493 e. The van der Waals surface area contributed by atoms with Gasteiger partial charge in [-0.1, -0.05) is 26.7 Å². The molecule has 106 valence electrons. The van der Waals surface area contributed by atoms with Crippen LogP contribution < -0.4 is 9.46 Å². The van der Waals surface area contributed by atoms with Crippen molar-refractivity contribution in [1.82, 2.24) is 4.72 Å². The quantitative estimate of drug-likeness (QED) is 0.872. The Morgan fingerprint density at radius 3 is 2.74 bits per heavy atom. The van der Waals surface area contributed by atoms with Gasteiger partial charge in [-0.2, -0.15) is 0 Å². The molecule has 0 amide bonds. The van der Waals surface area contributed by atoms with Gasteiger partial charge >= 0.3 is 0 Å². The van der Waals surface area contributed by atoms with Crippen molar-refractivity contribution < 1.29 is 13.2 Å². The van der Waals surface area contributed by atoms with Crippen molar-refractivity contribution in [2.45, 2.75) is 38.0 Å². The molecule has 0 saturated carbocycles. The number of sulfonamides is 1. The fraction of sp³-hybridized carbons (Fsp3) is 0.571. The zero-order valence-corrected chi connectivity index (χ0v) is 12.3. The van der Waals surface area contributed by atoms with Crippen molar-refractivity contribution in [3.63, 3.8) is 0 Å². The number of hydrogen-bond donors (Lipinski definition) is 1. The Bertz CT molecular complexity index is 536. The third-order valence-corrected chi connectivity index (χ3v) is 5.11. The predicted octanol–water partition coefficient (Wildman–Crippen LogP) is 2.34. The van der Waals surface area contributed by atoms with Crippen molar-refractivity contribution in [3.8, 4) is 5.75 Å². The van der Waals surface area contributed by atoms with E-state index in [9.17, 15) is 8.42 Å². The highest BCUT2D eigenvalue weighted by Crippen LogP contribution is 2.27. The minimum atomic E-state index is -3.40. The van der Waals surface area contributed by atoms with Gasteiger partial charge in [-0.25, -0.2) is 13.1 Å². The number of ether oxygens (including phenoxy) is 1. The van der Waals surface area contributed by atoms with E-state index in [1.165, 1.54) is 0 Å². The van der Waals surface area contributed by atoms with Gasteiger partial charge in [-0.05, 0) is 29.7 Å². The lowest BCUT2D eigenvalue weighted by atomic mass is 10.0. The molecule has 0 spiro atoms. The fourth-order valence-electron chi connectivity index (χ4n) is 2.22. The lowest BCUT2D eigenvalue weighted by molar-refractivity contribution is 0.356. The van der Waals surface area contributed by atoms with Gasteiger partial charge in [0.1, 0.15) is 5.75 Å². The maximum atomic E-state index is 12.2. The number of fused-ring (bicyclic) bond motifs is 1. The first-order valence-electron chi connectivity index (χ1n) is 6.82. The minimum Gasteiger partial charge on any atom is -0.493 e. The molecule has 5 heteroatoms. The topological polar surface area (TPSA) is 55.4 Å². The molecule has 1 aromatic rings. The van der Waals surface area contributed by atoms with Gasteiger partial charge in [0.05, 0.1) is 11.5 Å². The summed E-state index contributed by atoms with van der Waals surface area (Å²) < 4.78 is 32.5. The fourth-order valence-corrected chi connectivity index (χ4v) is 3.38. The van der Waals surface area contributed by atoms with Crippen LogP contribution in [0.2, 0.25) is 0 Å². The van der Waals surface area contributed by atoms with E-state index in [1.807, 2.05) is 0 Å². The van der Waals surface area contributed by atoms with E-state index < -0.39 is 10.0 Å². The van der Waals surface area contributed by atoms with E-state index in [4.69, 9.17) is 4.74 Å². The Kier molecular flexibility index (Phi) is 4.47. The summed E-state index contributed by atoms with van der Waals surface area (Å²) in [5.41, 5.74) is 0.977. The molecule has 2 rings (SSSR count). The van der Waals surface area contributed by atoms with Crippen molar-refractivity contribution in [3.05, 3.63) is 23.8 Å². The molecule has 0 radical (unpaired) electrons. The Hall–Kier alpha value is -1.07. The van der Waals surface area contributed by atoms with E-state index >= 15 is 0 Å². The van der Waals surface area contributed by atoms with Crippen molar-refractivity contribution in [1.29, 1.82) is 0 Å². The molecule has 19 heavy (non-hydrogen) atoms. The molecule has 0 saturated heterocycles. The summed E-state index contributed by atoms with van der Waals surface area (Å²) in [5, 5.41) is 0. The van der Waals surface area contributed by atoms with Crippen LogP contribution in [0.1, 0.15) is 32.3 Å². The SMILES string of the molecule is CCC(CC)CNS(=O)(=O)c1ccc2c(c1)CCO2. The highest BCUT2D eigenvalue weighted by Gasteiger charge is 2.19. The summed E-state index contributed by atoms with van der Waals surface area (Å²) in [6.45, 7) is 5.30. The van der Waals surface area contributed by atoms with E-state index in [1.54, 1.807) is 18.2 Å². The Morgan fingerprint density at radius 1 is 1.32 bits per heavy atom. The summed E-state index contributed by atoms with van der Waals surface area (Å²) in [4.78, 5) is 0.336. The minimum absolute atomic E-state index is 0.336. The summed E-state index contributed by atoms with van der Waals surface area (Å²) in [6.07, 6.45) is 2.75. The monoisotopic (exact) mass is 283 g/mol. The lowest BCUT2D eigenvalue weighted by Crippen LogP contribution is -2.29. The summed E-state index contributed by atoms with van der Waals surface area (Å²) in [6, 6.07) is 5.07. The number of hydrogen-bond acceptors (Lipinski definition) is 3.